The van der Waals surface area contributed by atoms with Gasteiger partial charge in [0, 0.05) is 5.70 Å². The molecule has 0 saturated carbocycles. The SMILES string of the molecule is C/C=C(/CCC)NCNCCC. The van der Waals surface area contributed by atoms with E-state index in [9.17, 15) is 0 Å². The van der Waals surface area contributed by atoms with Crippen molar-refractivity contribution in [3.8, 4) is 0 Å². The summed E-state index contributed by atoms with van der Waals surface area (Å²) in [6.45, 7) is 8.45. The molecule has 2 heteroatoms. The van der Waals surface area contributed by atoms with Crippen molar-refractivity contribution in [3.05, 3.63) is 11.8 Å². The van der Waals surface area contributed by atoms with Gasteiger partial charge in [-0.25, -0.2) is 0 Å². The highest BCUT2D eigenvalue weighted by Gasteiger charge is 1.91. The summed E-state index contributed by atoms with van der Waals surface area (Å²) in [4.78, 5) is 0. The zero-order chi connectivity index (χ0) is 9.23. The molecule has 0 aliphatic heterocycles. The zero-order valence-electron chi connectivity index (χ0n) is 8.61. The minimum absolute atomic E-state index is 0.896. The van der Waals surface area contributed by atoms with Gasteiger partial charge in [-0.3, -0.25) is 0 Å². The molecular formula is C10H22N2. The molecule has 0 atom stereocenters. The summed E-state index contributed by atoms with van der Waals surface area (Å²) in [6, 6.07) is 0. The largest absolute Gasteiger partial charge is 0.376 e. The van der Waals surface area contributed by atoms with Crippen molar-refractivity contribution in [2.75, 3.05) is 13.2 Å². The first-order valence-corrected chi connectivity index (χ1v) is 4.94. The van der Waals surface area contributed by atoms with Crippen LogP contribution >= 0.6 is 0 Å². The van der Waals surface area contributed by atoms with E-state index in [0.29, 0.717) is 0 Å². The summed E-state index contributed by atoms with van der Waals surface area (Å²) in [5.74, 6) is 0. The van der Waals surface area contributed by atoms with Crippen LogP contribution in [0.3, 0.4) is 0 Å². The minimum Gasteiger partial charge on any atom is -0.376 e. The van der Waals surface area contributed by atoms with Gasteiger partial charge < -0.3 is 10.6 Å². The third-order valence-electron chi connectivity index (χ3n) is 1.74. The highest BCUT2D eigenvalue weighted by atomic mass is 15.1. The maximum Gasteiger partial charge on any atom is 0.0650 e. The Balaban J connectivity index is 3.33. The molecule has 0 rings (SSSR count). The molecule has 72 valence electrons. The van der Waals surface area contributed by atoms with Crippen LogP contribution in [0.25, 0.3) is 0 Å². The number of nitrogens with one attached hydrogen (secondary N) is 2. The standard InChI is InChI=1S/C10H22N2/c1-4-7-10(6-3)12-9-11-8-5-2/h6,11-12H,4-5,7-9H2,1-3H3/b10-6-. The summed E-state index contributed by atoms with van der Waals surface area (Å²) in [7, 11) is 0. The Morgan fingerprint density at radius 1 is 1.25 bits per heavy atom. The highest BCUT2D eigenvalue weighted by Crippen LogP contribution is 1.98. The molecule has 0 heterocycles. The first kappa shape index (κ1) is 11.5. The molecule has 0 spiro atoms. The van der Waals surface area contributed by atoms with E-state index in [1.54, 1.807) is 0 Å². The molecule has 0 aliphatic rings. The van der Waals surface area contributed by atoms with E-state index in [4.69, 9.17) is 0 Å². The highest BCUT2D eigenvalue weighted by molar-refractivity contribution is 4.96. The molecule has 0 bridgehead atoms. The van der Waals surface area contributed by atoms with Crippen LogP contribution < -0.4 is 10.6 Å². The summed E-state index contributed by atoms with van der Waals surface area (Å²) < 4.78 is 0. The van der Waals surface area contributed by atoms with Gasteiger partial charge >= 0.3 is 0 Å². The molecule has 0 aromatic carbocycles. The summed E-state index contributed by atoms with van der Waals surface area (Å²) in [6.07, 6.45) is 5.71. The van der Waals surface area contributed by atoms with E-state index in [1.807, 2.05) is 0 Å². The van der Waals surface area contributed by atoms with Crippen molar-refractivity contribution < 1.29 is 0 Å². The second kappa shape index (κ2) is 8.60. The predicted octanol–water partition coefficient (Wildman–Crippen LogP) is 2.24. The fourth-order valence-electron chi connectivity index (χ4n) is 1.05. The van der Waals surface area contributed by atoms with Crippen molar-refractivity contribution >= 4 is 0 Å². The predicted molar refractivity (Wildman–Crippen MR) is 55.0 cm³/mol. The molecule has 0 aromatic rings. The molecule has 0 aliphatic carbocycles. The van der Waals surface area contributed by atoms with Gasteiger partial charge in [0.2, 0.25) is 0 Å². The Bertz CT molecular complexity index is 119. The maximum absolute atomic E-state index is 3.36. The van der Waals surface area contributed by atoms with E-state index in [1.165, 1.54) is 18.5 Å². The summed E-state index contributed by atoms with van der Waals surface area (Å²) in [5, 5.41) is 6.66. The van der Waals surface area contributed by atoms with Crippen molar-refractivity contribution in [2.24, 2.45) is 0 Å². The molecule has 0 saturated heterocycles. The van der Waals surface area contributed by atoms with Crippen LogP contribution in [0.15, 0.2) is 11.8 Å². The first-order valence-electron chi connectivity index (χ1n) is 4.94. The van der Waals surface area contributed by atoms with Crippen molar-refractivity contribution in [1.29, 1.82) is 0 Å². The van der Waals surface area contributed by atoms with Crippen LogP contribution in [0.1, 0.15) is 40.0 Å². The quantitative estimate of drug-likeness (QED) is 0.452. The number of hydrogen-bond acceptors (Lipinski definition) is 2. The van der Waals surface area contributed by atoms with Crippen molar-refractivity contribution in [1.82, 2.24) is 10.6 Å². The number of rotatable bonds is 7. The van der Waals surface area contributed by atoms with Gasteiger partial charge in [0.25, 0.3) is 0 Å². The van der Waals surface area contributed by atoms with Crippen molar-refractivity contribution in [3.63, 3.8) is 0 Å². The second-order valence-corrected chi connectivity index (χ2v) is 2.92. The molecule has 2 nitrogen and oxygen atoms in total. The summed E-state index contributed by atoms with van der Waals surface area (Å²) >= 11 is 0. The minimum atomic E-state index is 0.896. The van der Waals surface area contributed by atoms with Gasteiger partial charge in [0.1, 0.15) is 0 Å². The van der Waals surface area contributed by atoms with Crippen LogP contribution in [-0.2, 0) is 0 Å². The molecule has 0 radical (unpaired) electrons. The van der Waals surface area contributed by atoms with Gasteiger partial charge in [-0.2, -0.15) is 0 Å². The molecule has 0 unspecified atom stereocenters. The topological polar surface area (TPSA) is 24.1 Å². The first-order chi connectivity index (χ1) is 5.85. The molecular weight excluding hydrogens is 148 g/mol. The Kier molecular flexibility index (Phi) is 8.24. The lowest BCUT2D eigenvalue weighted by molar-refractivity contribution is 0.609. The Morgan fingerprint density at radius 2 is 2.00 bits per heavy atom. The van der Waals surface area contributed by atoms with Crippen molar-refractivity contribution in [2.45, 2.75) is 40.0 Å². The molecule has 12 heavy (non-hydrogen) atoms. The lowest BCUT2D eigenvalue weighted by Gasteiger charge is -2.09. The summed E-state index contributed by atoms with van der Waals surface area (Å²) in [5.41, 5.74) is 1.35. The Morgan fingerprint density at radius 3 is 2.50 bits per heavy atom. The zero-order valence-corrected chi connectivity index (χ0v) is 8.61. The Hall–Kier alpha value is -0.500. The Labute approximate surface area is 76.4 Å². The van der Waals surface area contributed by atoms with E-state index in [2.05, 4.69) is 37.5 Å². The van der Waals surface area contributed by atoms with Gasteiger partial charge in [-0.15, -0.1) is 0 Å². The van der Waals surface area contributed by atoms with Crippen LogP contribution in [0.2, 0.25) is 0 Å². The van der Waals surface area contributed by atoms with Gasteiger partial charge in [0.15, 0.2) is 0 Å². The van der Waals surface area contributed by atoms with Crippen LogP contribution in [0.5, 0.6) is 0 Å². The van der Waals surface area contributed by atoms with Gasteiger partial charge in [-0.05, 0) is 26.3 Å². The van der Waals surface area contributed by atoms with Crippen LogP contribution in [0, 0.1) is 0 Å². The molecule has 0 fully saturated rings. The second-order valence-electron chi connectivity index (χ2n) is 2.92. The fraction of sp³-hybridized carbons (Fsp3) is 0.800. The van der Waals surface area contributed by atoms with E-state index in [-0.39, 0.29) is 0 Å². The third-order valence-corrected chi connectivity index (χ3v) is 1.74. The number of hydrogen-bond donors (Lipinski definition) is 2. The van der Waals surface area contributed by atoms with Crippen LogP contribution in [-0.4, -0.2) is 13.2 Å². The third kappa shape index (κ3) is 6.23. The monoisotopic (exact) mass is 170 g/mol. The van der Waals surface area contributed by atoms with E-state index in [0.717, 1.165) is 19.6 Å². The average Bonchev–Trinajstić information content (AvgIpc) is 2.10. The maximum atomic E-state index is 3.36. The lowest BCUT2D eigenvalue weighted by Crippen LogP contribution is -2.28. The molecule has 0 amide bonds. The molecule has 2 N–H and O–H groups in total. The van der Waals surface area contributed by atoms with Gasteiger partial charge in [-0.1, -0.05) is 26.3 Å². The normalized spacial score (nSPS) is 11.8. The van der Waals surface area contributed by atoms with E-state index < -0.39 is 0 Å². The number of allylic oxidation sites excluding steroid dienone is 2. The van der Waals surface area contributed by atoms with Crippen LogP contribution in [0.4, 0.5) is 0 Å². The van der Waals surface area contributed by atoms with Gasteiger partial charge in [0.05, 0.1) is 6.67 Å². The van der Waals surface area contributed by atoms with E-state index >= 15 is 0 Å². The smallest absolute Gasteiger partial charge is 0.0650 e. The fourth-order valence-corrected chi connectivity index (χ4v) is 1.05. The average molecular weight is 170 g/mol. The lowest BCUT2D eigenvalue weighted by atomic mass is 10.2. The molecule has 0 aromatic heterocycles.